The van der Waals surface area contributed by atoms with Crippen LogP contribution in [0.1, 0.15) is 123 Å². The maximum absolute atomic E-state index is 2.66. The van der Waals surface area contributed by atoms with E-state index in [4.69, 9.17) is 0 Å². The summed E-state index contributed by atoms with van der Waals surface area (Å²) in [7, 11) is 0. The van der Waals surface area contributed by atoms with Gasteiger partial charge < -0.3 is 0 Å². The Hall–Kier alpha value is -2.86. The maximum atomic E-state index is 2.66. The van der Waals surface area contributed by atoms with E-state index in [0.29, 0.717) is 11.8 Å². The Labute approximate surface area is 218 Å². The molecule has 0 saturated heterocycles. The highest BCUT2D eigenvalue weighted by molar-refractivity contribution is 5.70. The van der Waals surface area contributed by atoms with Gasteiger partial charge in [-0.2, -0.15) is 0 Å². The van der Waals surface area contributed by atoms with Crippen molar-refractivity contribution < 1.29 is 0 Å². The molecule has 0 radical (unpaired) electrons. The van der Waals surface area contributed by atoms with Crippen LogP contribution < -0.4 is 0 Å². The molecule has 0 spiro atoms. The highest BCUT2D eigenvalue weighted by Gasteiger charge is 2.48. The van der Waals surface area contributed by atoms with Gasteiger partial charge in [0, 0.05) is 22.7 Å². The van der Waals surface area contributed by atoms with Crippen molar-refractivity contribution >= 4 is 12.2 Å². The molecular weight excluding hydrogens is 432 g/mol. The first-order valence-corrected chi connectivity index (χ1v) is 14.4. The van der Waals surface area contributed by atoms with Crippen LogP contribution in [0.25, 0.3) is 12.2 Å². The summed E-state index contributed by atoms with van der Waals surface area (Å²) in [5, 5.41) is 0. The molecule has 0 nitrogen and oxygen atoms in total. The largest absolute Gasteiger partial charge is 0.0764 e. The minimum absolute atomic E-state index is 0.106. The van der Waals surface area contributed by atoms with Crippen molar-refractivity contribution in [2.45, 2.75) is 88.9 Å². The summed E-state index contributed by atoms with van der Waals surface area (Å²) in [6, 6.07) is 23.6. The first-order chi connectivity index (χ1) is 17.6. The monoisotopic (exact) mass is 472 g/mol. The molecule has 0 aromatic heterocycles. The van der Waals surface area contributed by atoms with Gasteiger partial charge in [0.2, 0.25) is 0 Å². The summed E-state index contributed by atoms with van der Waals surface area (Å²) in [6.45, 7) is 9.60. The molecule has 0 heterocycles. The molecule has 0 fully saturated rings. The lowest BCUT2D eigenvalue weighted by Crippen LogP contribution is -2.42. The van der Waals surface area contributed by atoms with E-state index in [0.717, 1.165) is 25.7 Å². The van der Waals surface area contributed by atoms with Gasteiger partial charge in [-0.1, -0.05) is 113 Å². The lowest BCUT2D eigenvalue weighted by atomic mass is 9.54. The average molecular weight is 473 g/mol. The average Bonchev–Trinajstić information content (AvgIpc) is 3.53. The molecule has 0 bridgehead atoms. The van der Waals surface area contributed by atoms with E-state index < -0.39 is 0 Å². The topological polar surface area (TPSA) is 0 Å². The van der Waals surface area contributed by atoms with E-state index in [9.17, 15) is 0 Å². The number of benzene rings is 3. The van der Waals surface area contributed by atoms with Crippen molar-refractivity contribution in [2.24, 2.45) is 0 Å². The second-order valence-corrected chi connectivity index (χ2v) is 11.3. The van der Waals surface area contributed by atoms with Crippen LogP contribution in [-0.4, -0.2) is 0 Å². The highest BCUT2D eigenvalue weighted by Crippen LogP contribution is 2.57. The Morgan fingerprint density at radius 3 is 1.64 bits per heavy atom. The fourth-order valence-electron chi connectivity index (χ4n) is 8.03. The van der Waals surface area contributed by atoms with Crippen LogP contribution in [-0.2, 0) is 10.8 Å². The highest BCUT2D eigenvalue weighted by atomic mass is 14.5. The van der Waals surface area contributed by atoms with Gasteiger partial charge in [0.1, 0.15) is 0 Å². The smallest absolute Gasteiger partial charge is 0.0204 e. The molecule has 0 saturated carbocycles. The summed E-state index contributed by atoms with van der Waals surface area (Å²) < 4.78 is 0. The van der Waals surface area contributed by atoms with Crippen LogP contribution in [0.5, 0.6) is 0 Å². The predicted octanol–water partition coefficient (Wildman–Crippen LogP) is 9.91. The molecule has 0 N–H and O–H groups in total. The van der Waals surface area contributed by atoms with Crippen LogP contribution in [0.3, 0.4) is 0 Å². The van der Waals surface area contributed by atoms with Crippen molar-refractivity contribution in [3.8, 4) is 0 Å². The Morgan fingerprint density at radius 2 is 1.03 bits per heavy atom. The molecule has 3 aromatic carbocycles. The normalized spacial score (nSPS) is 21.7. The lowest BCUT2D eigenvalue weighted by Gasteiger charge is -2.49. The van der Waals surface area contributed by atoms with Gasteiger partial charge in [0.15, 0.2) is 0 Å². The zero-order valence-corrected chi connectivity index (χ0v) is 22.5. The van der Waals surface area contributed by atoms with Gasteiger partial charge in [0.05, 0.1) is 0 Å². The first-order valence-electron chi connectivity index (χ1n) is 14.4. The van der Waals surface area contributed by atoms with Gasteiger partial charge >= 0.3 is 0 Å². The van der Waals surface area contributed by atoms with Gasteiger partial charge in [-0.05, 0) is 83.0 Å². The molecule has 6 rings (SSSR count). The van der Waals surface area contributed by atoms with Crippen molar-refractivity contribution in [1.29, 1.82) is 0 Å². The number of rotatable bonds is 7. The molecule has 0 aliphatic heterocycles. The van der Waals surface area contributed by atoms with E-state index in [1.54, 1.807) is 27.8 Å². The summed E-state index contributed by atoms with van der Waals surface area (Å²) >= 11 is 0. The second-order valence-electron chi connectivity index (χ2n) is 11.3. The number of allylic oxidation sites excluding steroid dienone is 2. The molecule has 0 heteroatoms. The molecule has 184 valence electrons. The third-order valence-electron chi connectivity index (χ3n) is 10.2. The minimum Gasteiger partial charge on any atom is -0.0764 e. The van der Waals surface area contributed by atoms with E-state index in [1.165, 1.54) is 29.5 Å². The fraction of sp³-hybridized carbons (Fsp3) is 0.389. The summed E-state index contributed by atoms with van der Waals surface area (Å²) in [5.74, 6) is 1.08. The number of fused-ring (bicyclic) bond motifs is 4. The van der Waals surface area contributed by atoms with Crippen molar-refractivity contribution in [3.05, 3.63) is 117 Å². The molecule has 36 heavy (non-hydrogen) atoms. The van der Waals surface area contributed by atoms with Crippen molar-refractivity contribution in [1.82, 2.24) is 0 Å². The first kappa shape index (κ1) is 23.5. The zero-order valence-electron chi connectivity index (χ0n) is 22.5. The predicted molar refractivity (Wildman–Crippen MR) is 155 cm³/mol. The Kier molecular flexibility index (Phi) is 5.83. The van der Waals surface area contributed by atoms with E-state index in [1.807, 2.05) is 0 Å². The Bertz CT molecular complexity index is 1340. The Morgan fingerprint density at radius 1 is 0.528 bits per heavy atom. The molecule has 3 aromatic rings. The van der Waals surface area contributed by atoms with Crippen molar-refractivity contribution in [3.63, 3.8) is 0 Å². The lowest BCUT2D eigenvalue weighted by molar-refractivity contribution is 0.387. The quantitative estimate of drug-likeness (QED) is 0.321. The molecular formula is C36H40. The molecule has 2 atom stereocenters. The van der Waals surface area contributed by atoms with Crippen LogP contribution in [0, 0.1) is 0 Å². The van der Waals surface area contributed by atoms with Gasteiger partial charge in [-0.25, -0.2) is 0 Å². The minimum atomic E-state index is 0.106. The summed E-state index contributed by atoms with van der Waals surface area (Å²) in [6.07, 6.45) is 16.7. The second kappa shape index (κ2) is 8.91. The van der Waals surface area contributed by atoms with Crippen LogP contribution >= 0.6 is 0 Å². The standard InChI is InChI=1S/C36H40/c1-5-35(6-2)31-15-11-12-16-32(31)36(7-3,8-4)34-24-30-27(21-22-28(30)23-33(34)35)20-19-26-18-17-25-13-9-10-14-29(25)26/h9-18,21-24,26-27H,5-8,19-20H2,1-4H3. The number of hydrogen-bond acceptors (Lipinski definition) is 0. The van der Waals surface area contributed by atoms with Crippen LogP contribution in [0.15, 0.2) is 72.8 Å². The third-order valence-corrected chi connectivity index (χ3v) is 10.2. The molecule has 3 aliphatic carbocycles. The van der Waals surface area contributed by atoms with Gasteiger partial charge in [0.25, 0.3) is 0 Å². The summed E-state index contributed by atoms with van der Waals surface area (Å²) in [5.41, 5.74) is 12.5. The summed E-state index contributed by atoms with van der Waals surface area (Å²) in [4.78, 5) is 0. The van der Waals surface area contributed by atoms with E-state index in [2.05, 4.69) is 113 Å². The van der Waals surface area contributed by atoms with Crippen LogP contribution in [0.2, 0.25) is 0 Å². The van der Waals surface area contributed by atoms with E-state index in [-0.39, 0.29) is 10.8 Å². The van der Waals surface area contributed by atoms with Gasteiger partial charge in [-0.3, -0.25) is 0 Å². The fourth-order valence-corrected chi connectivity index (χ4v) is 8.03. The van der Waals surface area contributed by atoms with Crippen LogP contribution in [0.4, 0.5) is 0 Å². The van der Waals surface area contributed by atoms with Crippen molar-refractivity contribution in [2.75, 3.05) is 0 Å². The SMILES string of the molecule is CCC1(CC)c2ccccc2C(CC)(CC)c2cc3c(cc21)C=CC3CCC1C=Cc2ccccc21. The number of hydrogen-bond donors (Lipinski definition) is 0. The Balaban J connectivity index is 1.42. The third kappa shape index (κ3) is 3.19. The maximum Gasteiger partial charge on any atom is 0.0204 e. The zero-order chi connectivity index (χ0) is 24.9. The van der Waals surface area contributed by atoms with E-state index >= 15 is 0 Å². The molecule has 3 aliphatic rings. The molecule has 2 unspecified atom stereocenters. The van der Waals surface area contributed by atoms with Gasteiger partial charge in [-0.15, -0.1) is 0 Å². The molecule has 0 amide bonds.